The van der Waals surface area contributed by atoms with E-state index in [0.29, 0.717) is 43.3 Å². The van der Waals surface area contributed by atoms with Gasteiger partial charge >= 0.3 is 0 Å². The highest BCUT2D eigenvalue weighted by Crippen LogP contribution is 2.37. The van der Waals surface area contributed by atoms with Gasteiger partial charge in [-0.15, -0.1) is 0 Å². The Hall–Kier alpha value is -2.44. The maximum absolute atomic E-state index is 13.5. The number of nitrogens with zero attached hydrogens (tertiary/aromatic N) is 2. The molecule has 1 fully saturated rings. The summed E-state index contributed by atoms with van der Waals surface area (Å²) >= 11 is 3.43. The third kappa shape index (κ3) is 3.27. The summed E-state index contributed by atoms with van der Waals surface area (Å²) in [5.41, 5.74) is 4.43. The summed E-state index contributed by atoms with van der Waals surface area (Å²) < 4.78 is 6.27. The number of ether oxygens (including phenoxy) is 1. The van der Waals surface area contributed by atoms with Gasteiger partial charge in [0.05, 0.1) is 24.5 Å². The molecule has 6 heteroatoms. The standard InChI is InChI=1S/C22H21BrN2O3/c1-14-6-7-18(15(2)12-14)19-20(24-8-10-28-11-9-24)22(27)25(21(19)26)17-5-3-4-16(23)13-17/h3-7,12-13H,8-11H2,1-2H3. The number of anilines is 1. The van der Waals surface area contributed by atoms with Crippen molar-refractivity contribution in [3.05, 3.63) is 69.3 Å². The zero-order valence-electron chi connectivity index (χ0n) is 15.9. The van der Waals surface area contributed by atoms with Gasteiger partial charge in [-0.1, -0.05) is 45.8 Å². The summed E-state index contributed by atoms with van der Waals surface area (Å²) in [5.74, 6) is -0.559. The number of morpholine rings is 1. The van der Waals surface area contributed by atoms with Crippen LogP contribution in [0.3, 0.4) is 0 Å². The van der Waals surface area contributed by atoms with Crippen molar-refractivity contribution < 1.29 is 14.3 Å². The predicted molar refractivity (Wildman–Crippen MR) is 112 cm³/mol. The van der Waals surface area contributed by atoms with Crippen molar-refractivity contribution in [2.45, 2.75) is 13.8 Å². The van der Waals surface area contributed by atoms with E-state index in [1.165, 1.54) is 4.90 Å². The fourth-order valence-electron chi connectivity index (χ4n) is 3.79. The lowest BCUT2D eigenvalue weighted by Crippen LogP contribution is -2.40. The monoisotopic (exact) mass is 440 g/mol. The first-order valence-corrected chi connectivity index (χ1v) is 10.1. The van der Waals surface area contributed by atoms with Crippen molar-refractivity contribution >= 4 is 39.0 Å². The molecule has 144 valence electrons. The summed E-state index contributed by atoms with van der Waals surface area (Å²) in [6.07, 6.45) is 0. The number of rotatable bonds is 3. The molecule has 0 radical (unpaired) electrons. The molecule has 2 aromatic rings. The quantitative estimate of drug-likeness (QED) is 0.682. The van der Waals surface area contributed by atoms with Gasteiger partial charge in [-0.2, -0.15) is 0 Å². The molecule has 0 spiro atoms. The van der Waals surface area contributed by atoms with Crippen molar-refractivity contribution in [1.82, 2.24) is 4.90 Å². The van der Waals surface area contributed by atoms with E-state index in [2.05, 4.69) is 15.9 Å². The van der Waals surface area contributed by atoms with E-state index >= 15 is 0 Å². The van der Waals surface area contributed by atoms with Crippen molar-refractivity contribution in [3.8, 4) is 0 Å². The molecular formula is C22H21BrN2O3. The maximum atomic E-state index is 13.5. The van der Waals surface area contributed by atoms with Gasteiger partial charge in [0, 0.05) is 17.6 Å². The molecule has 2 aliphatic heterocycles. The van der Waals surface area contributed by atoms with E-state index in [1.807, 2.05) is 49.1 Å². The van der Waals surface area contributed by atoms with Crippen molar-refractivity contribution in [3.63, 3.8) is 0 Å². The summed E-state index contributed by atoms with van der Waals surface area (Å²) in [6.45, 7) is 6.27. The highest BCUT2D eigenvalue weighted by Gasteiger charge is 2.43. The van der Waals surface area contributed by atoms with Crippen LogP contribution < -0.4 is 4.90 Å². The van der Waals surface area contributed by atoms with Gasteiger partial charge in [0.1, 0.15) is 5.70 Å². The number of hydrogen-bond donors (Lipinski definition) is 0. The Kier molecular flexibility index (Phi) is 5.08. The molecule has 0 N–H and O–H groups in total. The van der Waals surface area contributed by atoms with Crippen LogP contribution >= 0.6 is 15.9 Å². The van der Waals surface area contributed by atoms with Crippen molar-refractivity contribution in [2.24, 2.45) is 0 Å². The molecule has 28 heavy (non-hydrogen) atoms. The minimum Gasteiger partial charge on any atom is -0.378 e. The first-order chi connectivity index (χ1) is 13.5. The SMILES string of the molecule is Cc1ccc(C2=C(N3CCOCC3)C(=O)N(c3cccc(Br)c3)C2=O)c(C)c1. The maximum Gasteiger partial charge on any atom is 0.282 e. The molecule has 5 nitrogen and oxygen atoms in total. The van der Waals surface area contributed by atoms with E-state index in [-0.39, 0.29) is 11.8 Å². The number of carbonyl (C=O) groups is 2. The Bertz CT molecular complexity index is 993. The Morgan fingerprint density at radius 1 is 0.964 bits per heavy atom. The second-order valence-electron chi connectivity index (χ2n) is 7.07. The van der Waals surface area contributed by atoms with Gasteiger partial charge in [0.2, 0.25) is 0 Å². The van der Waals surface area contributed by atoms with Crippen LogP contribution in [0.2, 0.25) is 0 Å². The lowest BCUT2D eigenvalue weighted by Gasteiger charge is -2.29. The van der Waals surface area contributed by atoms with Gasteiger partial charge in [-0.3, -0.25) is 9.59 Å². The van der Waals surface area contributed by atoms with Crippen LogP contribution in [0.4, 0.5) is 5.69 Å². The number of amides is 2. The molecule has 2 amide bonds. The highest BCUT2D eigenvalue weighted by molar-refractivity contribution is 9.10. The van der Waals surface area contributed by atoms with E-state index in [0.717, 1.165) is 21.2 Å². The van der Waals surface area contributed by atoms with Gasteiger partial charge in [0.15, 0.2) is 0 Å². The van der Waals surface area contributed by atoms with Gasteiger partial charge in [-0.05, 0) is 43.2 Å². The third-order valence-electron chi connectivity index (χ3n) is 5.10. The molecule has 0 aliphatic carbocycles. The molecule has 0 saturated carbocycles. The molecular weight excluding hydrogens is 420 g/mol. The van der Waals surface area contributed by atoms with E-state index < -0.39 is 0 Å². The van der Waals surface area contributed by atoms with Crippen LogP contribution in [0, 0.1) is 13.8 Å². The van der Waals surface area contributed by atoms with Crippen LogP contribution in [0.15, 0.2) is 52.6 Å². The van der Waals surface area contributed by atoms with Crippen LogP contribution in [0.5, 0.6) is 0 Å². The molecule has 0 atom stereocenters. The molecule has 2 heterocycles. The minimum absolute atomic E-state index is 0.278. The Labute approximate surface area is 172 Å². The zero-order valence-corrected chi connectivity index (χ0v) is 17.5. The molecule has 4 rings (SSSR count). The fourth-order valence-corrected chi connectivity index (χ4v) is 4.17. The van der Waals surface area contributed by atoms with E-state index in [9.17, 15) is 9.59 Å². The molecule has 0 bridgehead atoms. The van der Waals surface area contributed by atoms with E-state index in [4.69, 9.17) is 4.74 Å². The number of aryl methyl sites for hydroxylation is 2. The largest absolute Gasteiger partial charge is 0.378 e. The van der Waals surface area contributed by atoms with E-state index in [1.54, 1.807) is 12.1 Å². The lowest BCUT2D eigenvalue weighted by atomic mass is 9.97. The fraction of sp³-hybridized carbons (Fsp3) is 0.273. The first kappa shape index (κ1) is 18.9. The normalized spacial score (nSPS) is 17.7. The van der Waals surface area contributed by atoms with Gasteiger partial charge < -0.3 is 9.64 Å². The predicted octanol–water partition coefficient (Wildman–Crippen LogP) is 3.68. The van der Waals surface area contributed by atoms with Crippen molar-refractivity contribution in [1.29, 1.82) is 0 Å². The van der Waals surface area contributed by atoms with Gasteiger partial charge in [-0.25, -0.2) is 4.90 Å². The third-order valence-corrected chi connectivity index (χ3v) is 5.60. The van der Waals surface area contributed by atoms with Crippen LogP contribution in [0.1, 0.15) is 16.7 Å². The smallest absolute Gasteiger partial charge is 0.282 e. The van der Waals surface area contributed by atoms with Crippen LogP contribution in [0.25, 0.3) is 5.57 Å². The number of halogens is 1. The molecule has 0 aromatic heterocycles. The summed E-state index contributed by atoms with van der Waals surface area (Å²) in [5, 5.41) is 0. The topological polar surface area (TPSA) is 49.9 Å². The number of benzene rings is 2. The Morgan fingerprint density at radius 3 is 2.39 bits per heavy atom. The van der Waals surface area contributed by atoms with Gasteiger partial charge in [0.25, 0.3) is 11.8 Å². The Morgan fingerprint density at radius 2 is 1.71 bits per heavy atom. The molecule has 1 saturated heterocycles. The highest BCUT2D eigenvalue weighted by atomic mass is 79.9. The minimum atomic E-state index is -0.281. The number of hydrogen-bond acceptors (Lipinski definition) is 4. The second kappa shape index (κ2) is 7.53. The molecule has 2 aliphatic rings. The average Bonchev–Trinajstić information content (AvgIpc) is 2.93. The van der Waals surface area contributed by atoms with Crippen LogP contribution in [-0.4, -0.2) is 43.0 Å². The Balaban J connectivity index is 1.87. The average molecular weight is 441 g/mol. The summed E-state index contributed by atoms with van der Waals surface area (Å²) in [6, 6.07) is 13.2. The second-order valence-corrected chi connectivity index (χ2v) is 7.98. The van der Waals surface area contributed by atoms with Crippen LogP contribution in [-0.2, 0) is 14.3 Å². The lowest BCUT2D eigenvalue weighted by molar-refractivity contribution is -0.121. The molecule has 2 aromatic carbocycles. The summed E-state index contributed by atoms with van der Waals surface area (Å²) in [7, 11) is 0. The van der Waals surface area contributed by atoms with Crippen molar-refractivity contribution in [2.75, 3.05) is 31.2 Å². The summed E-state index contributed by atoms with van der Waals surface area (Å²) in [4.78, 5) is 30.2. The number of imide groups is 1. The zero-order chi connectivity index (χ0) is 19.8. The number of carbonyl (C=O) groups excluding carboxylic acids is 2. The first-order valence-electron chi connectivity index (χ1n) is 9.26. The molecule has 0 unspecified atom stereocenters.